The van der Waals surface area contributed by atoms with Gasteiger partial charge in [0.2, 0.25) is 0 Å². The molecule has 7 nitrogen and oxygen atoms in total. The molecule has 30 heavy (non-hydrogen) atoms. The molecule has 0 radical (unpaired) electrons. The third kappa shape index (κ3) is 5.34. The fraction of sp³-hybridized carbons (Fsp3) is 0.273. The van der Waals surface area contributed by atoms with Crippen LogP contribution in [-0.4, -0.2) is 36.5 Å². The van der Waals surface area contributed by atoms with Gasteiger partial charge in [-0.1, -0.05) is 18.2 Å². The smallest absolute Gasteiger partial charge is 0.276 e. The maximum absolute atomic E-state index is 12.6. The van der Waals surface area contributed by atoms with Crippen molar-refractivity contribution in [3.05, 3.63) is 65.5 Å². The molecular formula is C22H26N4O3S. The fourth-order valence-electron chi connectivity index (χ4n) is 2.90. The van der Waals surface area contributed by atoms with Gasteiger partial charge in [-0.15, -0.1) is 0 Å². The lowest BCUT2D eigenvalue weighted by Gasteiger charge is -2.14. The van der Waals surface area contributed by atoms with Crippen molar-refractivity contribution in [2.75, 3.05) is 30.9 Å². The van der Waals surface area contributed by atoms with Crippen molar-refractivity contribution in [1.82, 2.24) is 9.78 Å². The summed E-state index contributed by atoms with van der Waals surface area (Å²) in [6.07, 6.45) is 1.76. The van der Waals surface area contributed by atoms with Gasteiger partial charge in [-0.2, -0.15) is 5.10 Å². The van der Waals surface area contributed by atoms with Crippen molar-refractivity contribution in [2.24, 2.45) is 0 Å². The standard InChI is InChI=1S/C22H26N4O3S/c1-15-6-5-7-16(2)21(15)25-30-20-14-17(8-9-19(20)29-4)23-22(27)18-10-11-26(24-18)12-13-28-3/h5-11,14,25H,12-13H2,1-4H3,(H,23,27). The molecule has 0 unspecified atom stereocenters. The number of amides is 1. The molecule has 1 heterocycles. The van der Waals surface area contributed by atoms with E-state index in [1.807, 2.05) is 24.3 Å². The minimum absolute atomic E-state index is 0.269. The van der Waals surface area contributed by atoms with Gasteiger partial charge in [0.1, 0.15) is 5.75 Å². The van der Waals surface area contributed by atoms with Gasteiger partial charge < -0.3 is 19.5 Å². The highest BCUT2D eigenvalue weighted by molar-refractivity contribution is 8.00. The first-order chi connectivity index (χ1) is 14.5. The Labute approximate surface area is 180 Å². The topological polar surface area (TPSA) is 77.4 Å². The minimum Gasteiger partial charge on any atom is -0.496 e. The number of carbonyl (C=O) groups excluding carboxylic acids is 1. The van der Waals surface area contributed by atoms with Gasteiger partial charge in [0.05, 0.1) is 30.8 Å². The molecule has 0 aliphatic carbocycles. The molecule has 8 heteroatoms. The first-order valence-electron chi connectivity index (χ1n) is 9.52. The average molecular weight is 427 g/mol. The van der Waals surface area contributed by atoms with E-state index in [1.165, 1.54) is 11.9 Å². The van der Waals surface area contributed by atoms with Crippen molar-refractivity contribution in [2.45, 2.75) is 25.3 Å². The number of hydrogen-bond donors (Lipinski definition) is 2. The molecule has 2 aromatic carbocycles. The highest BCUT2D eigenvalue weighted by Crippen LogP contribution is 2.34. The predicted octanol–water partition coefficient (Wildman–Crippen LogP) is 4.53. The van der Waals surface area contributed by atoms with Crippen LogP contribution < -0.4 is 14.8 Å². The van der Waals surface area contributed by atoms with Crippen molar-refractivity contribution in [3.8, 4) is 5.75 Å². The highest BCUT2D eigenvalue weighted by Gasteiger charge is 2.13. The number of carbonyl (C=O) groups is 1. The number of nitrogens with one attached hydrogen (secondary N) is 2. The van der Waals surface area contributed by atoms with Crippen LogP contribution in [0.25, 0.3) is 0 Å². The number of aryl methyl sites for hydroxylation is 2. The number of hydrogen-bond acceptors (Lipinski definition) is 6. The molecule has 1 aromatic heterocycles. The van der Waals surface area contributed by atoms with Gasteiger partial charge in [-0.25, -0.2) is 0 Å². The third-order valence-corrected chi connectivity index (χ3v) is 5.41. The molecule has 0 spiro atoms. The van der Waals surface area contributed by atoms with Crippen molar-refractivity contribution < 1.29 is 14.3 Å². The van der Waals surface area contributed by atoms with E-state index < -0.39 is 0 Å². The van der Waals surface area contributed by atoms with E-state index >= 15 is 0 Å². The lowest BCUT2D eigenvalue weighted by molar-refractivity contribution is 0.102. The van der Waals surface area contributed by atoms with Crippen LogP contribution in [0.15, 0.2) is 53.6 Å². The quantitative estimate of drug-likeness (QED) is 0.490. The van der Waals surface area contributed by atoms with E-state index in [-0.39, 0.29) is 5.91 Å². The average Bonchev–Trinajstić information content (AvgIpc) is 3.21. The lowest BCUT2D eigenvalue weighted by atomic mass is 10.1. The number of nitrogens with zero attached hydrogens (tertiary/aromatic N) is 2. The van der Waals surface area contributed by atoms with E-state index in [9.17, 15) is 4.79 Å². The maximum Gasteiger partial charge on any atom is 0.276 e. The zero-order chi connectivity index (χ0) is 21.5. The number of benzene rings is 2. The summed E-state index contributed by atoms with van der Waals surface area (Å²) in [5, 5.41) is 7.18. The van der Waals surface area contributed by atoms with Gasteiger partial charge in [0, 0.05) is 19.0 Å². The van der Waals surface area contributed by atoms with Crippen molar-refractivity contribution in [3.63, 3.8) is 0 Å². The normalized spacial score (nSPS) is 10.7. The molecule has 0 saturated heterocycles. The summed E-state index contributed by atoms with van der Waals surface area (Å²) in [6.45, 7) is 5.26. The Bertz CT molecular complexity index is 999. The van der Waals surface area contributed by atoms with Crippen LogP contribution in [0.4, 0.5) is 11.4 Å². The summed E-state index contributed by atoms with van der Waals surface area (Å²) in [5.41, 5.74) is 4.41. The highest BCUT2D eigenvalue weighted by atomic mass is 32.2. The van der Waals surface area contributed by atoms with E-state index in [1.54, 1.807) is 31.2 Å². The Morgan fingerprint density at radius 2 is 1.90 bits per heavy atom. The molecule has 0 bridgehead atoms. The van der Waals surface area contributed by atoms with E-state index in [4.69, 9.17) is 9.47 Å². The van der Waals surface area contributed by atoms with Gasteiger partial charge >= 0.3 is 0 Å². The van der Waals surface area contributed by atoms with E-state index in [0.29, 0.717) is 24.5 Å². The molecule has 3 aromatic rings. The van der Waals surface area contributed by atoms with Crippen LogP contribution in [0.5, 0.6) is 5.75 Å². The molecule has 0 fully saturated rings. The lowest BCUT2D eigenvalue weighted by Crippen LogP contribution is -2.14. The Kier molecular flexibility index (Phi) is 7.37. The number of ether oxygens (including phenoxy) is 2. The van der Waals surface area contributed by atoms with Gasteiger partial charge in [-0.3, -0.25) is 9.48 Å². The summed E-state index contributed by atoms with van der Waals surface area (Å²) in [5.74, 6) is 0.454. The van der Waals surface area contributed by atoms with Crippen LogP contribution in [0.1, 0.15) is 21.6 Å². The van der Waals surface area contributed by atoms with Crippen LogP contribution >= 0.6 is 11.9 Å². The summed E-state index contributed by atoms with van der Waals surface area (Å²) in [6, 6.07) is 13.4. The first-order valence-corrected chi connectivity index (χ1v) is 10.3. The van der Waals surface area contributed by atoms with Gasteiger partial charge in [0.25, 0.3) is 5.91 Å². The minimum atomic E-state index is -0.269. The summed E-state index contributed by atoms with van der Waals surface area (Å²) < 4.78 is 15.6. The number of aromatic nitrogens is 2. The zero-order valence-corrected chi connectivity index (χ0v) is 18.4. The van der Waals surface area contributed by atoms with Crippen molar-refractivity contribution >= 4 is 29.2 Å². The molecule has 3 rings (SSSR count). The van der Waals surface area contributed by atoms with Crippen LogP contribution in [0.3, 0.4) is 0 Å². The zero-order valence-electron chi connectivity index (χ0n) is 17.6. The Morgan fingerprint density at radius 1 is 1.13 bits per heavy atom. The maximum atomic E-state index is 12.6. The molecule has 0 aliphatic rings. The molecule has 2 N–H and O–H groups in total. The van der Waals surface area contributed by atoms with Gasteiger partial charge in [-0.05, 0) is 61.2 Å². The molecule has 0 saturated carbocycles. The second-order valence-corrected chi connectivity index (χ2v) is 7.60. The van der Waals surface area contributed by atoms with Crippen LogP contribution in [0.2, 0.25) is 0 Å². The molecule has 0 atom stereocenters. The van der Waals surface area contributed by atoms with E-state index in [2.05, 4.69) is 41.1 Å². The number of rotatable bonds is 9. The Balaban J connectivity index is 1.72. The van der Waals surface area contributed by atoms with Crippen LogP contribution in [0, 0.1) is 13.8 Å². The number of para-hydroxylation sites is 1. The van der Waals surface area contributed by atoms with Crippen LogP contribution in [-0.2, 0) is 11.3 Å². The predicted molar refractivity (Wildman–Crippen MR) is 120 cm³/mol. The van der Waals surface area contributed by atoms with Gasteiger partial charge in [0.15, 0.2) is 5.69 Å². The van der Waals surface area contributed by atoms with Crippen molar-refractivity contribution in [1.29, 1.82) is 0 Å². The summed E-state index contributed by atoms with van der Waals surface area (Å²) >= 11 is 1.44. The SMILES string of the molecule is COCCn1ccc(C(=O)Nc2ccc(OC)c(SNc3c(C)cccc3C)c2)n1. The third-order valence-electron chi connectivity index (χ3n) is 4.56. The summed E-state index contributed by atoms with van der Waals surface area (Å²) in [4.78, 5) is 13.4. The second kappa shape index (κ2) is 10.2. The number of anilines is 2. The number of methoxy groups -OCH3 is 2. The monoisotopic (exact) mass is 426 g/mol. The molecule has 1 amide bonds. The van der Waals surface area contributed by atoms with E-state index in [0.717, 1.165) is 27.5 Å². The first kappa shape index (κ1) is 21.7. The Morgan fingerprint density at radius 3 is 2.60 bits per heavy atom. The fourth-order valence-corrected chi connectivity index (χ4v) is 3.87. The second-order valence-electron chi connectivity index (χ2n) is 6.75. The largest absolute Gasteiger partial charge is 0.496 e. The molecule has 0 aliphatic heterocycles. The molecule has 158 valence electrons. The molecular weight excluding hydrogens is 400 g/mol. The Hall–Kier alpha value is -2.97. The summed E-state index contributed by atoms with van der Waals surface area (Å²) in [7, 11) is 3.26.